The zero-order valence-electron chi connectivity index (χ0n) is 36.7. The van der Waals surface area contributed by atoms with Gasteiger partial charge in [-0.3, -0.25) is 24.1 Å². The highest BCUT2D eigenvalue weighted by Gasteiger charge is 2.45. The van der Waals surface area contributed by atoms with Crippen LogP contribution in [0.4, 0.5) is 4.79 Å². The summed E-state index contributed by atoms with van der Waals surface area (Å²) in [6.45, 7) is 4.34. The maximum absolute atomic E-state index is 13.1. The minimum atomic E-state index is -1.59. The van der Waals surface area contributed by atoms with Crippen molar-refractivity contribution < 1.29 is 68.3 Å². The lowest BCUT2D eigenvalue weighted by Gasteiger charge is -2.33. The number of Topliss-reactive ketones (excluding diaryl/α,β-unsaturated/α-hetero) is 1. The van der Waals surface area contributed by atoms with Crippen molar-refractivity contribution in [2.24, 2.45) is 5.92 Å². The van der Waals surface area contributed by atoms with Crippen LogP contribution < -0.4 is 15.5 Å². The van der Waals surface area contributed by atoms with Crippen LogP contribution in [0.5, 0.6) is 17.2 Å². The minimum absolute atomic E-state index is 0.0568. The molecule has 2 amide bonds. The van der Waals surface area contributed by atoms with E-state index in [-0.39, 0.29) is 101 Å². The number of aliphatic hydroxyl groups excluding tert-OH is 1. The van der Waals surface area contributed by atoms with Gasteiger partial charge in [-0.2, -0.15) is 0 Å². The molecular weight excluding hydrogens is 827 g/mol. The molecule has 0 radical (unpaired) electrons. The Hall–Kier alpha value is -5.33. The second-order valence-corrected chi connectivity index (χ2v) is 16.8. The van der Waals surface area contributed by atoms with Gasteiger partial charge in [-0.15, -0.1) is 0 Å². The predicted molar refractivity (Wildman–Crippen MR) is 234 cm³/mol. The maximum atomic E-state index is 13.1. The van der Waals surface area contributed by atoms with Crippen molar-refractivity contribution in [3.8, 4) is 17.2 Å². The number of nitrogens with one attached hydrogen (secondary N) is 1. The standard InChI is InChI=1S/C26H41BN2O7.C21H18O7/c1-3-4-5-6-7-8-9-10-24(30)28-17-23(20-11-13-21(14-12-20)27(32)33)36-26(31)29-18-35-25-19(2)34-16-15-22(25)29;1-28-14-4-2-3-11-15(14)21(27)17-16(19(11)25)20(26)12-7-9(13(23)8-22)5-6-10(12)18(17)24/h11-14,19,22-23,25,32-33H,3-10,15-18H2,1-2H3,(H,28,30);2-4,9,22,24,26H,5-8H2,1H3. The summed E-state index contributed by atoms with van der Waals surface area (Å²) in [6.07, 6.45) is 8.25. The molecule has 3 aromatic rings. The third kappa shape index (κ3) is 10.6. The number of nitrogens with zero attached hydrogens (tertiary/aromatic N) is 1. The van der Waals surface area contributed by atoms with E-state index in [1.165, 1.54) is 38.9 Å². The molecule has 4 aliphatic rings. The van der Waals surface area contributed by atoms with E-state index < -0.39 is 43.4 Å². The van der Waals surface area contributed by atoms with Crippen LogP contribution in [0.1, 0.15) is 133 Å². The lowest BCUT2D eigenvalue weighted by molar-refractivity contribution is -0.126. The smallest absolute Gasteiger partial charge is 0.488 e. The molecule has 344 valence electrons. The SMILES string of the molecule is CCCCCCCCCC(=O)NCC(OC(=O)N1COC2C(C)OCCC21)c1ccc(B(O)O)cc1.COc1cccc2c1C(=O)c1c(O)c3c(c(O)c1C2=O)CC(C(=O)CO)CC3. The Morgan fingerprint density at radius 2 is 1.58 bits per heavy atom. The van der Waals surface area contributed by atoms with Crippen LogP contribution in [0, 0.1) is 5.92 Å². The van der Waals surface area contributed by atoms with E-state index in [0.29, 0.717) is 42.5 Å². The molecule has 3 aromatic carbocycles. The number of hydrogen-bond acceptors (Lipinski definition) is 14. The van der Waals surface area contributed by atoms with Gasteiger partial charge >= 0.3 is 13.2 Å². The van der Waals surface area contributed by atoms with Crippen molar-refractivity contribution >= 4 is 41.9 Å². The van der Waals surface area contributed by atoms with E-state index in [1.807, 2.05) is 6.92 Å². The molecule has 2 saturated heterocycles. The van der Waals surface area contributed by atoms with E-state index >= 15 is 0 Å². The summed E-state index contributed by atoms with van der Waals surface area (Å²) >= 11 is 0. The largest absolute Gasteiger partial charge is 0.507 e. The summed E-state index contributed by atoms with van der Waals surface area (Å²) < 4.78 is 22.5. The minimum Gasteiger partial charge on any atom is -0.507 e. The monoisotopic (exact) mass is 886 g/mol. The van der Waals surface area contributed by atoms with Crippen LogP contribution in [-0.4, -0.2) is 119 Å². The van der Waals surface area contributed by atoms with Gasteiger partial charge in [0.25, 0.3) is 0 Å². The van der Waals surface area contributed by atoms with Gasteiger partial charge in [0.2, 0.25) is 11.7 Å². The number of fused-ring (bicyclic) bond motifs is 4. The zero-order chi connectivity index (χ0) is 46.1. The molecule has 0 spiro atoms. The van der Waals surface area contributed by atoms with Gasteiger partial charge in [0.1, 0.15) is 42.8 Å². The van der Waals surface area contributed by atoms with E-state index in [0.717, 1.165) is 19.3 Å². The summed E-state index contributed by atoms with van der Waals surface area (Å²) in [5, 5.41) is 52.4. The normalized spacial score (nSPS) is 20.1. The molecule has 5 atom stereocenters. The summed E-state index contributed by atoms with van der Waals surface area (Å²) in [5.41, 5.74) is 1.29. The molecule has 0 bridgehead atoms. The van der Waals surface area contributed by atoms with Gasteiger partial charge < -0.3 is 49.6 Å². The Kier molecular flexibility index (Phi) is 16.6. The molecule has 5 unspecified atom stereocenters. The summed E-state index contributed by atoms with van der Waals surface area (Å²) in [5.74, 6) is -2.64. The fourth-order valence-corrected chi connectivity index (χ4v) is 9.02. The number of hydrogen-bond donors (Lipinski definition) is 6. The lowest BCUT2D eigenvalue weighted by atomic mass is 9.75. The number of amides is 2. The van der Waals surface area contributed by atoms with Crippen molar-refractivity contribution in [3.63, 3.8) is 0 Å². The number of rotatable bonds is 16. The second kappa shape index (κ2) is 22.0. The molecule has 2 aliphatic carbocycles. The first-order valence-corrected chi connectivity index (χ1v) is 22.2. The number of methoxy groups -OCH3 is 1. The highest BCUT2D eigenvalue weighted by Crippen LogP contribution is 2.47. The number of phenolic OH excluding ortho intramolecular Hbond substituents is 2. The number of phenols is 2. The first-order valence-electron chi connectivity index (χ1n) is 22.2. The fourth-order valence-electron chi connectivity index (χ4n) is 9.02. The van der Waals surface area contributed by atoms with Crippen molar-refractivity contribution in [1.82, 2.24) is 10.2 Å². The molecule has 6 N–H and O–H groups in total. The predicted octanol–water partition coefficient (Wildman–Crippen LogP) is 4.18. The van der Waals surface area contributed by atoms with Crippen LogP contribution in [-0.2, 0) is 36.6 Å². The van der Waals surface area contributed by atoms with Crippen LogP contribution in [0.25, 0.3) is 0 Å². The third-order valence-corrected chi connectivity index (χ3v) is 12.7. The Balaban J connectivity index is 0.000000219. The van der Waals surface area contributed by atoms with Gasteiger partial charge in [0.15, 0.2) is 11.6 Å². The topological polar surface area (TPSA) is 239 Å². The van der Waals surface area contributed by atoms with E-state index in [4.69, 9.17) is 24.1 Å². The van der Waals surface area contributed by atoms with Gasteiger partial charge in [0, 0.05) is 35.6 Å². The van der Waals surface area contributed by atoms with E-state index in [2.05, 4.69) is 12.2 Å². The highest BCUT2D eigenvalue weighted by atomic mass is 16.6. The zero-order valence-corrected chi connectivity index (χ0v) is 36.7. The molecule has 0 aromatic heterocycles. The van der Waals surface area contributed by atoms with Gasteiger partial charge in [-0.1, -0.05) is 81.8 Å². The van der Waals surface area contributed by atoms with Crippen LogP contribution in [0.15, 0.2) is 42.5 Å². The summed E-state index contributed by atoms with van der Waals surface area (Å²) in [6, 6.07) is 11.0. The quantitative estimate of drug-likeness (QED) is 0.0526. The second-order valence-electron chi connectivity index (χ2n) is 16.8. The van der Waals surface area contributed by atoms with Crippen LogP contribution >= 0.6 is 0 Å². The average Bonchev–Trinajstić information content (AvgIpc) is 3.75. The fraction of sp³-hybridized carbons (Fsp3) is 0.511. The van der Waals surface area contributed by atoms with E-state index in [1.54, 1.807) is 41.3 Å². The third-order valence-electron chi connectivity index (χ3n) is 12.7. The molecule has 2 aliphatic heterocycles. The van der Waals surface area contributed by atoms with Gasteiger partial charge in [0.05, 0.1) is 42.5 Å². The molecule has 17 heteroatoms. The van der Waals surface area contributed by atoms with Crippen LogP contribution in [0.2, 0.25) is 0 Å². The lowest BCUT2D eigenvalue weighted by Crippen LogP contribution is -2.48. The number of ether oxygens (including phenoxy) is 4. The number of ketones is 3. The molecule has 0 saturated carbocycles. The molecular formula is C47H59BN2O14. The van der Waals surface area contributed by atoms with Crippen molar-refractivity contribution in [2.45, 2.75) is 115 Å². The number of benzene rings is 3. The Bertz CT molecular complexity index is 2180. The number of carbonyl (C=O) groups is 5. The maximum Gasteiger partial charge on any atom is 0.488 e. The molecule has 2 fully saturated rings. The van der Waals surface area contributed by atoms with Crippen LogP contribution in [0.3, 0.4) is 0 Å². The number of unbranched alkanes of at least 4 members (excludes halogenated alkanes) is 6. The molecule has 7 rings (SSSR count). The summed E-state index contributed by atoms with van der Waals surface area (Å²) in [4.78, 5) is 65.2. The first-order chi connectivity index (χ1) is 30.8. The average molecular weight is 887 g/mol. The van der Waals surface area contributed by atoms with Gasteiger partial charge in [-0.05, 0) is 56.1 Å². The molecule has 16 nitrogen and oxygen atoms in total. The Morgan fingerprint density at radius 3 is 2.27 bits per heavy atom. The molecule has 64 heavy (non-hydrogen) atoms. The van der Waals surface area contributed by atoms with Gasteiger partial charge in [-0.25, -0.2) is 4.79 Å². The first kappa shape index (κ1) is 48.1. The van der Waals surface area contributed by atoms with E-state index in [9.17, 15) is 44.2 Å². The highest BCUT2D eigenvalue weighted by molar-refractivity contribution is 6.58. The number of aliphatic hydroxyl groups is 1. The molecule has 2 heterocycles. The number of aromatic hydroxyl groups is 2. The number of carbonyl (C=O) groups excluding carboxylic acids is 5. The Morgan fingerprint density at radius 1 is 0.891 bits per heavy atom. The van der Waals surface area contributed by atoms with Crippen molar-refractivity contribution in [1.29, 1.82) is 0 Å². The Labute approximate surface area is 373 Å². The van der Waals surface area contributed by atoms with Crippen molar-refractivity contribution in [2.75, 3.05) is 33.6 Å². The summed E-state index contributed by atoms with van der Waals surface area (Å²) in [7, 11) is -0.207. The van der Waals surface area contributed by atoms with Crippen molar-refractivity contribution in [3.05, 3.63) is 81.4 Å².